The smallest absolute Gasteiger partial charge is 0.308 e. The third kappa shape index (κ3) is 4.09. The zero-order valence-electron chi connectivity index (χ0n) is 12.2. The van der Waals surface area contributed by atoms with Gasteiger partial charge in [0.25, 0.3) is 16.3 Å². The molecule has 1 saturated heterocycles. The molecule has 0 aliphatic carbocycles. The molecular weight excluding hydrogens is 284 g/mol. The van der Waals surface area contributed by atoms with E-state index in [0.717, 1.165) is 51.2 Å². The van der Waals surface area contributed by atoms with Crippen molar-refractivity contribution in [2.75, 3.05) is 19.7 Å². The first-order valence-corrected chi connectivity index (χ1v) is 9.48. The molecule has 20 heavy (non-hydrogen) atoms. The standard InChI is InChI=1S/C14H17NO3.2Al.4H/c16-10-13-6-7-15(8-13)9-14(17)18-11-12-4-2-1-3-5-12;;;;;;/h1-6,9,13,16H,7-8,10-11H2;;;;;;/t13-;;;;;;/m1....../s1. The van der Waals surface area contributed by atoms with E-state index < -0.39 is 0 Å². The number of benzene rings is 1. The van der Waals surface area contributed by atoms with E-state index in [-0.39, 0.29) is 17.5 Å². The second-order valence-electron chi connectivity index (χ2n) is 5.64. The molecule has 1 unspecified atom stereocenters. The van der Waals surface area contributed by atoms with Crippen molar-refractivity contribution in [3.8, 4) is 0 Å². The van der Waals surface area contributed by atoms with Crippen LogP contribution in [0.1, 0.15) is 5.56 Å². The highest BCUT2D eigenvalue weighted by atomic mass is 27.1. The van der Waals surface area contributed by atoms with Crippen LogP contribution in [0.4, 0.5) is 0 Å². The number of aliphatic hydroxyl groups is 1. The van der Waals surface area contributed by atoms with Crippen LogP contribution in [0.5, 0.6) is 0 Å². The van der Waals surface area contributed by atoms with E-state index in [9.17, 15) is 9.90 Å². The fraction of sp³-hybridized carbons (Fsp3) is 0.500. The molecule has 0 bridgehead atoms. The van der Waals surface area contributed by atoms with Crippen molar-refractivity contribution in [2.24, 2.45) is 5.92 Å². The highest BCUT2D eigenvalue weighted by Crippen LogP contribution is 2.26. The Balaban J connectivity index is 1.83. The summed E-state index contributed by atoms with van der Waals surface area (Å²) in [5.74, 6) is 0.230. The van der Waals surface area contributed by atoms with Crippen molar-refractivity contribution in [2.45, 2.75) is 16.3 Å². The van der Waals surface area contributed by atoms with Crippen LogP contribution in [0, 0.1) is 5.92 Å². The highest BCUT2D eigenvalue weighted by molar-refractivity contribution is 6.22. The minimum Gasteiger partial charge on any atom is -0.461 e. The predicted octanol–water partition coefficient (Wildman–Crippen LogP) is -0.965. The average molecular weight is 305 g/mol. The van der Waals surface area contributed by atoms with Gasteiger partial charge in [-0.05, 0) is 18.0 Å². The van der Waals surface area contributed by atoms with Crippen molar-refractivity contribution in [3.63, 3.8) is 0 Å². The Kier molecular flexibility index (Phi) is 6.11. The number of aliphatic hydroxyl groups excluding tert-OH is 1. The average Bonchev–Trinajstić information content (AvgIpc) is 2.86. The van der Waals surface area contributed by atoms with Gasteiger partial charge in [0.1, 0.15) is 6.61 Å². The van der Waals surface area contributed by atoms with Crippen LogP contribution >= 0.6 is 0 Å². The molecule has 2 rings (SSSR count). The van der Waals surface area contributed by atoms with Crippen LogP contribution in [0.2, 0.25) is 4.78 Å². The van der Waals surface area contributed by atoms with E-state index in [1.807, 2.05) is 30.3 Å². The first-order chi connectivity index (χ1) is 9.61. The Hall–Kier alpha value is -0.325. The summed E-state index contributed by atoms with van der Waals surface area (Å²) in [4.78, 5) is 14.2. The Labute approximate surface area is 135 Å². The fourth-order valence-electron chi connectivity index (χ4n) is 2.63. The van der Waals surface area contributed by atoms with Crippen LogP contribution in [-0.4, -0.2) is 73.2 Å². The normalized spacial score (nSPS) is 24.4. The van der Waals surface area contributed by atoms with Crippen molar-refractivity contribution in [3.05, 3.63) is 35.9 Å². The van der Waals surface area contributed by atoms with Gasteiger partial charge in [-0.15, -0.1) is 0 Å². The van der Waals surface area contributed by atoms with E-state index in [2.05, 4.69) is 4.90 Å². The SMILES string of the molecule is O=C(OCc1ccccc1)[CH]([AlH2])N1C[C@H](CO)[C@@H]([AlH2])C1. The highest BCUT2D eigenvalue weighted by Gasteiger charge is 2.34. The van der Waals surface area contributed by atoms with E-state index in [0.29, 0.717) is 17.3 Å². The van der Waals surface area contributed by atoms with Gasteiger partial charge in [0.05, 0.1) is 0 Å². The van der Waals surface area contributed by atoms with Gasteiger partial charge in [0.2, 0.25) is 16.3 Å². The van der Waals surface area contributed by atoms with E-state index in [1.165, 1.54) is 0 Å². The fourth-order valence-corrected chi connectivity index (χ4v) is 4.11. The Morgan fingerprint density at radius 3 is 2.70 bits per heavy atom. The lowest BCUT2D eigenvalue weighted by molar-refractivity contribution is -0.147. The van der Waals surface area contributed by atoms with Crippen molar-refractivity contribution in [1.29, 1.82) is 0 Å². The van der Waals surface area contributed by atoms with Crippen LogP contribution < -0.4 is 0 Å². The summed E-state index contributed by atoms with van der Waals surface area (Å²) >= 11 is 1.83. The molecule has 6 heteroatoms. The van der Waals surface area contributed by atoms with E-state index in [4.69, 9.17) is 4.74 Å². The number of likely N-dealkylation sites (tertiary alicyclic amines) is 1. The van der Waals surface area contributed by atoms with E-state index >= 15 is 0 Å². The molecule has 1 aliphatic rings. The first kappa shape index (κ1) is 16.1. The van der Waals surface area contributed by atoms with Crippen LogP contribution in [0.25, 0.3) is 0 Å². The molecule has 0 spiro atoms. The molecule has 1 fully saturated rings. The third-order valence-electron chi connectivity index (χ3n) is 4.14. The Morgan fingerprint density at radius 1 is 1.40 bits per heavy atom. The van der Waals surface area contributed by atoms with Crippen molar-refractivity contribution >= 4 is 38.5 Å². The van der Waals surface area contributed by atoms with E-state index in [1.54, 1.807) is 0 Å². The predicted molar refractivity (Wildman–Crippen MR) is 83.0 cm³/mol. The first-order valence-electron chi connectivity index (χ1n) is 7.17. The second kappa shape index (κ2) is 7.62. The summed E-state index contributed by atoms with van der Waals surface area (Å²) in [6, 6.07) is 9.76. The number of esters is 1. The number of rotatable bonds is 5. The molecule has 0 saturated carbocycles. The van der Waals surface area contributed by atoms with Crippen molar-refractivity contribution in [1.82, 2.24) is 4.90 Å². The molecule has 4 nitrogen and oxygen atoms in total. The Bertz CT molecular complexity index is 443. The lowest BCUT2D eigenvalue weighted by Crippen LogP contribution is -2.41. The topological polar surface area (TPSA) is 49.8 Å². The van der Waals surface area contributed by atoms with Crippen LogP contribution in [-0.2, 0) is 16.1 Å². The molecule has 106 valence electrons. The lowest BCUT2D eigenvalue weighted by atomic mass is 10.1. The van der Waals surface area contributed by atoms with Crippen molar-refractivity contribution < 1.29 is 14.6 Å². The number of carbonyl (C=O) groups excluding carboxylic acids is 1. The molecule has 1 aromatic carbocycles. The minimum absolute atomic E-state index is 0.0910. The molecule has 0 radical (unpaired) electrons. The van der Waals surface area contributed by atoms with Gasteiger partial charge in [0.15, 0.2) is 0 Å². The molecule has 0 amide bonds. The molecule has 1 aliphatic heterocycles. The molecule has 1 aromatic rings. The van der Waals surface area contributed by atoms with Gasteiger partial charge in [-0.1, -0.05) is 35.1 Å². The van der Waals surface area contributed by atoms with Gasteiger partial charge >= 0.3 is 5.97 Å². The molecule has 3 atom stereocenters. The Morgan fingerprint density at radius 2 is 2.10 bits per heavy atom. The number of carbonyl (C=O) groups is 1. The van der Waals surface area contributed by atoms with Gasteiger partial charge < -0.3 is 14.7 Å². The maximum absolute atomic E-state index is 12.1. The second-order valence-corrected chi connectivity index (χ2v) is 8.22. The summed E-state index contributed by atoms with van der Waals surface area (Å²) in [6.07, 6.45) is 0. The zero-order chi connectivity index (χ0) is 14.5. The largest absolute Gasteiger partial charge is 0.461 e. The number of ether oxygens (including phenoxy) is 1. The third-order valence-corrected chi connectivity index (χ3v) is 6.65. The maximum atomic E-state index is 12.1. The molecular formula is C14H21Al2NO3. The lowest BCUT2D eigenvalue weighted by Gasteiger charge is -2.23. The summed E-state index contributed by atoms with van der Waals surface area (Å²) in [5, 5.41) is 9.32. The van der Waals surface area contributed by atoms with Crippen LogP contribution in [0.15, 0.2) is 30.3 Å². The summed E-state index contributed by atoms with van der Waals surface area (Å²) in [7, 11) is 0. The quantitative estimate of drug-likeness (QED) is 0.562. The summed E-state index contributed by atoms with van der Waals surface area (Å²) < 4.78 is 5.99. The number of hydrogen-bond donors (Lipinski definition) is 1. The maximum Gasteiger partial charge on any atom is 0.308 e. The van der Waals surface area contributed by atoms with Gasteiger partial charge in [-0.25, -0.2) is 0 Å². The number of hydrogen-bond acceptors (Lipinski definition) is 4. The molecule has 1 heterocycles. The number of nitrogens with zero attached hydrogens (tertiary/aromatic N) is 1. The monoisotopic (exact) mass is 305 g/mol. The molecule has 0 aromatic heterocycles. The summed E-state index contributed by atoms with van der Waals surface area (Å²) in [6.45, 7) is 2.35. The van der Waals surface area contributed by atoms with Gasteiger partial charge in [0, 0.05) is 18.1 Å². The minimum atomic E-state index is -0.118. The van der Waals surface area contributed by atoms with Gasteiger partial charge in [-0.2, -0.15) is 0 Å². The van der Waals surface area contributed by atoms with Gasteiger partial charge in [-0.3, -0.25) is 4.79 Å². The summed E-state index contributed by atoms with van der Waals surface area (Å²) in [5.41, 5.74) is 1.02. The van der Waals surface area contributed by atoms with Crippen LogP contribution in [0.3, 0.4) is 0 Å². The molecule has 1 N–H and O–H groups in total. The zero-order valence-corrected chi connectivity index (χ0v) is 16.2.